The van der Waals surface area contributed by atoms with Crippen molar-refractivity contribution >= 4 is 67.9 Å². The molecule has 3 amide bonds. The highest BCUT2D eigenvalue weighted by Gasteiger charge is 2.18. The second kappa shape index (κ2) is 16.5. The number of methoxy groups -OCH3 is 3. The summed E-state index contributed by atoms with van der Waals surface area (Å²) < 4.78 is 22.8. The third-order valence-corrected chi connectivity index (χ3v) is 8.87. The van der Waals surface area contributed by atoms with Gasteiger partial charge in [0.1, 0.15) is 17.2 Å². The maximum atomic E-state index is 13.7. The molecule has 4 aromatic carbocycles. The molecule has 11 nitrogen and oxygen atoms in total. The van der Waals surface area contributed by atoms with Crippen LogP contribution in [0.3, 0.4) is 0 Å². The number of hydrogen-bond donors (Lipinski definition) is 3. The monoisotopic (exact) mass is 698 g/mol. The predicted molar refractivity (Wildman–Crippen MR) is 193 cm³/mol. The van der Waals surface area contributed by atoms with E-state index in [0.29, 0.717) is 45.8 Å². The molecule has 0 aliphatic carbocycles. The maximum Gasteiger partial charge on any atom is 0.272 e. The van der Waals surface area contributed by atoms with Gasteiger partial charge >= 0.3 is 0 Å². The van der Waals surface area contributed by atoms with Crippen LogP contribution < -0.4 is 34.9 Å². The SMILES string of the molecule is CCOc1ccc2nc(NC(=O)CSc3cccc(NC(=O)/C(=C\c4cc(OC)c(OC)cc4OC)NC(=O)c4ccccc4)c3)sc2c1. The first-order chi connectivity index (χ1) is 23.8. The molecule has 0 atom stereocenters. The molecule has 252 valence electrons. The lowest BCUT2D eigenvalue weighted by molar-refractivity contribution is -0.114. The minimum atomic E-state index is -0.579. The third-order valence-electron chi connectivity index (χ3n) is 6.94. The molecule has 0 aliphatic heterocycles. The number of rotatable bonds is 14. The fourth-order valence-corrected chi connectivity index (χ4v) is 6.31. The molecule has 1 heterocycles. The quantitative estimate of drug-likeness (QED) is 0.0839. The predicted octanol–water partition coefficient (Wildman–Crippen LogP) is 6.86. The summed E-state index contributed by atoms with van der Waals surface area (Å²) in [6.07, 6.45) is 1.50. The number of amides is 3. The van der Waals surface area contributed by atoms with Crippen molar-refractivity contribution in [1.29, 1.82) is 0 Å². The number of nitrogens with zero attached hydrogens (tertiary/aromatic N) is 1. The summed E-state index contributed by atoms with van der Waals surface area (Å²) in [7, 11) is 4.49. The summed E-state index contributed by atoms with van der Waals surface area (Å²) in [6, 6.07) is 24.5. The number of anilines is 2. The van der Waals surface area contributed by atoms with Crippen molar-refractivity contribution in [2.75, 3.05) is 44.3 Å². The van der Waals surface area contributed by atoms with Gasteiger partial charge in [0.05, 0.1) is 43.9 Å². The highest BCUT2D eigenvalue weighted by Crippen LogP contribution is 2.36. The van der Waals surface area contributed by atoms with Gasteiger partial charge < -0.3 is 34.9 Å². The molecule has 0 unspecified atom stereocenters. The molecule has 1 aromatic heterocycles. The van der Waals surface area contributed by atoms with Crippen LogP contribution in [-0.2, 0) is 9.59 Å². The molecule has 49 heavy (non-hydrogen) atoms. The van der Waals surface area contributed by atoms with Gasteiger partial charge in [0.15, 0.2) is 16.6 Å². The standard InChI is InChI=1S/C36H34N4O7S2/c1-5-47-25-14-15-27-32(19-25)49-36(39-27)40-33(41)21-48-26-13-9-12-24(18-26)37-35(43)28(38-34(42)22-10-7-6-8-11-22)16-23-17-30(45-3)31(46-4)20-29(23)44-2/h6-20H,5,21H2,1-4H3,(H,37,43)(H,38,42)(H,39,40,41)/b28-16+. The van der Waals surface area contributed by atoms with Gasteiger partial charge in [0.25, 0.3) is 11.8 Å². The molecule has 0 radical (unpaired) electrons. The Morgan fingerprint density at radius 3 is 2.33 bits per heavy atom. The molecule has 0 aliphatic rings. The molecule has 3 N–H and O–H groups in total. The fourth-order valence-electron chi connectivity index (χ4n) is 4.64. The summed E-state index contributed by atoms with van der Waals surface area (Å²) in [5.41, 5.74) is 2.04. The van der Waals surface area contributed by atoms with Gasteiger partial charge in [-0.2, -0.15) is 0 Å². The van der Waals surface area contributed by atoms with Crippen LogP contribution in [0.2, 0.25) is 0 Å². The van der Waals surface area contributed by atoms with E-state index in [9.17, 15) is 14.4 Å². The number of benzene rings is 4. The van der Waals surface area contributed by atoms with Crippen LogP contribution >= 0.6 is 23.1 Å². The van der Waals surface area contributed by atoms with Crippen molar-refractivity contribution in [3.05, 3.63) is 102 Å². The highest BCUT2D eigenvalue weighted by molar-refractivity contribution is 8.00. The number of ether oxygens (including phenoxy) is 4. The topological polar surface area (TPSA) is 137 Å². The van der Waals surface area contributed by atoms with Crippen molar-refractivity contribution in [2.45, 2.75) is 11.8 Å². The first kappa shape index (κ1) is 34.8. The lowest BCUT2D eigenvalue weighted by Gasteiger charge is -2.15. The number of aromatic nitrogens is 1. The summed E-state index contributed by atoms with van der Waals surface area (Å²) in [5.74, 6) is 0.849. The number of thioether (sulfide) groups is 1. The number of thiazole rings is 1. The lowest BCUT2D eigenvalue weighted by atomic mass is 10.1. The van der Waals surface area contributed by atoms with E-state index < -0.39 is 11.8 Å². The number of nitrogens with one attached hydrogen (secondary N) is 3. The van der Waals surface area contributed by atoms with Gasteiger partial charge in [-0.05, 0) is 67.6 Å². The number of carbonyl (C=O) groups excluding carboxylic acids is 3. The summed E-state index contributed by atoms with van der Waals surface area (Å²) in [4.78, 5) is 44.9. The van der Waals surface area contributed by atoms with Gasteiger partial charge in [-0.1, -0.05) is 35.6 Å². The van der Waals surface area contributed by atoms with E-state index in [4.69, 9.17) is 18.9 Å². The van der Waals surface area contributed by atoms with Gasteiger partial charge in [0.2, 0.25) is 5.91 Å². The fraction of sp³-hybridized carbons (Fsp3) is 0.167. The minimum absolute atomic E-state index is 0.0407. The van der Waals surface area contributed by atoms with Crippen molar-refractivity contribution in [3.8, 4) is 23.0 Å². The van der Waals surface area contributed by atoms with Crippen LogP contribution in [-0.4, -0.2) is 56.4 Å². The average Bonchev–Trinajstić information content (AvgIpc) is 3.52. The van der Waals surface area contributed by atoms with E-state index in [1.807, 2.05) is 31.2 Å². The summed E-state index contributed by atoms with van der Waals surface area (Å²) in [6.45, 7) is 2.48. The van der Waals surface area contributed by atoms with Gasteiger partial charge in [-0.3, -0.25) is 14.4 Å². The number of fused-ring (bicyclic) bond motifs is 1. The second-order valence-electron chi connectivity index (χ2n) is 10.2. The molecular formula is C36H34N4O7S2. The first-order valence-electron chi connectivity index (χ1n) is 15.1. The minimum Gasteiger partial charge on any atom is -0.496 e. The first-order valence-corrected chi connectivity index (χ1v) is 16.9. The Balaban J connectivity index is 1.30. The summed E-state index contributed by atoms with van der Waals surface area (Å²) in [5, 5.41) is 8.94. The van der Waals surface area contributed by atoms with Crippen LogP contribution in [0, 0.1) is 0 Å². The molecule has 0 saturated heterocycles. The zero-order valence-corrected chi connectivity index (χ0v) is 28.8. The van der Waals surface area contributed by atoms with E-state index in [1.54, 1.807) is 60.7 Å². The van der Waals surface area contributed by atoms with Crippen LogP contribution in [0.25, 0.3) is 16.3 Å². The van der Waals surface area contributed by atoms with Gasteiger partial charge in [-0.25, -0.2) is 4.98 Å². The summed E-state index contributed by atoms with van der Waals surface area (Å²) >= 11 is 2.68. The van der Waals surface area contributed by atoms with Crippen LogP contribution in [0.1, 0.15) is 22.8 Å². The van der Waals surface area contributed by atoms with Gasteiger partial charge in [-0.15, -0.1) is 11.8 Å². The Hall–Kier alpha value is -5.53. The Kier molecular flexibility index (Phi) is 11.7. The van der Waals surface area contributed by atoms with Crippen LogP contribution in [0.5, 0.6) is 23.0 Å². The van der Waals surface area contributed by atoms with E-state index in [-0.39, 0.29) is 17.4 Å². The Bertz CT molecular complexity index is 2000. The molecule has 0 saturated carbocycles. The van der Waals surface area contributed by atoms with Crippen LogP contribution in [0.15, 0.2) is 95.5 Å². The molecular weight excluding hydrogens is 665 g/mol. The van der Waals surface area contributed by atoms with Crippen molar-refractivity contribution in [1.82, 2.24) is 10.3 Å². The van der Waals surface area contributed by atoms with Crippen LogP contribution in [0.4, 0.5) is 10.8 Å². The van der Waals surface area contributed by atoms with Gasteiger partial charge in [0, 0.05) is 27.8 Å². The Morgan fingerprint density at radius 2 is 1.59 bits per heavy atom. The molecule has 5 aromatic rings. The average molecular weight is 699 g/mol. The Morgan fingerprint density at radius 1 is 0.837 bits per heavy atom. The van der Waals surface area contributed by atoms with Crippen molar-refractivity contribution < 1.29 is 33.3 Å². The number of hydrogen-bond acceptors (Lipinski definition) is 10. The van der Waals surface area contributed by atoms with E-state index in [1.165, 1.54) is 50.5 Å². The largest absolute Gasteiger partial charge is 0.496 e. The second-order valence-corrected chi connectivity index (χ2v) is 12.3. The van der Waals surface area contributed by atoms with Crippen molar-refractivity contribution in [2.24, 2.45) is 0 Å². The molecule has 0 fully saturated rings. The third kappa shape index (κ3) is 9.09. The zero-order valence-electron chi connectivity index (χ0n) is 27.2. The van der Waals surface area contributed by atoms with E-state index in [2.05, 4.69) is 20.9 Å². The number of carbonyl (C=O) groups is 3. The molecule has 5 rings (SSSR count). The van der Waals surface area contributed by atoms with E-state index in [0.717, 1.165) is 20.9 Å². The van der Waals surface area contributed by atoms with E-state index >= 15 is 0 Å². The molecule has 13 heteroatoms. The smallest absolute Gasteiger partial charge is 0.272 e. The van der Waals surface area contributed by atoms with Crippen molar-refractivity contribution in [3.63, 3.8) is 0 Å². The zero-order chi connectivity index (χ0) is 34.8. The maximum absolute atomic E-state index is 13.7. The highest BCUT2D eigenvalue weighted by atomic mass is 32.2. The molecule has 0 spiro atoms. The molecule has 0 bridgehead atoms. The lowest BCUT2D eigenvalue weighted by Crippen LogP contribution is -2.30. The normalized spacial score (nSPS) is 11.1. The Labute approximate surface area is 291 Å².